The summed E-state index contributed by atoms with van der Waals surface area (Å²) >= 11 is 0. The summed E-state index contributed by atoms with van der Waals surface area (Å²) in [5, 5.41) is 5.95. The SMILES string of the molecule is CNc1ncnc(NCC(C)(C)NS(C)(=O)=O)c1OC. The molecule has 0 aliphatic heterocycles. The number of hydrogen-bond acceptors (Lipinski definition) is 7. The molecule has 0 aromatic carbocycles. The van der Waals surface area contributed by atoms with Crippen molar-refractivity contribution < 1.29 is 13.2 Å². The zero-order chi connectivity index (χ0) is 15.4. The third-order valence-electron chi connectivity index (χ3n) is 2.40. The fourth-order valence-electron chi connectivity index (χ4n) is 1.71. The lowest BCUT2D eigenvalue weighted by Crippen LogP contribution is -2.47. The van der Waals surface area contributed by atoms with Gasteiger partial charge in [0, 0.05) is 19.1 Å². The summed E-state index contributed by atoms with van der Waals surface area (Å²) in [6, 6.07) is 0. The lowest BCUT2D eigenvalue weighted by Gasteiger charge is -2.26. The van der Waals surface area contributed by atoms with Crippen molar-refractivity contribution >= 4 is 21.7 Å². The monoisotopic (exact) mass is 303 g/mol. The second kappa shape index (κ2) is 6.23. The van der Waals surface area contributed by atoms with Crippen LogP contribution in [0.2, 0.25) is 0 Å². The maximum Gasteiger partial charge on any atom is 0.209 e. The Bertz CT molecular complexity index is 559. The van der Waals surface area contributed by atoms with Crippen LogP contribution in [0.25, 0.3) is 0 Å². The van der Waals surface area contributed by atoms with Crippen molar-refractivity contribution in [1.82, 2.24) is 14.7 Å². The Morgan fingerprint density at radius 1 is 1.30 bits per heavy atom. The maximum absolute atomic E-state index is 11.3. The largest absolute Gasteiger partial charge is 0.490 e. The Hall–Kier alpha value is -1.61. The van der Waals surface area contributed by atoms with E-state index in [4.69, 9.17) is 4.74 Å². The van der Waals surface area contributed by atoms with Gasteiger partial charge in [0.25, 0.3) is 0 Å². The highest BCUT2D eigenvalue weighted by molar-refractivity contribution is 7.88. The van der Waals surface area contributed by atoms with E-state index in [1.807, 2.05) is 0 Å². The molecule has 0 fully saturated rings. The quantitative estimate of drug-likeness (QED) is 0.664. The first-order chi connectivity index (χ1) is 9.18. The highest BCUT2D eigenvalue weighted by Crippen LogP contribution is 2.28. The Morgan fingerprint density at radius 2 is 1.90 bits per heavy atom. The first-order valence-corrected chi connectivity index (χ1v) is 7.87. The van der Waals surface area contributed by atoms with Crippen LogP contribution in [0.4, 0.5) is 11.6 Å². The molecule has 0 aliphatic rings. The molecule has 0 saturated carbocycles. The molecule has 1 aromatic heterocycles. The number of sulfonamides is 1. The van der Waals surface area contributed by atoms with Crippen LogP contribution in [0.15, 0.2) is 6.33 Å². The lowest BCUT2D eigenvalue weighted by atomic mass is 10.1. The van der Waals surface area contributed by atoms with Gasteiger partial charge in [0.2, 0.25) is 15.8 Å². The molecular weight excluding hydrogens is 282 g/mol. The molecule has 0 radical (unpaired) electrons. The molecule has 9 heteroatoms. The molecular formula is C11H21N5O3S. The van der Waals surface area contributed by atoms with Gasteiger partial charge in [-0.15, -0.1) is 0 Å². The van der Waals surface area contributed by atoms with Crippen molar-refractivity contribution in [3.63, 3.8) is 0 Å². The Labute approximate surface area is 119 Å². The van der Waals surface area contributed by atoms with Crippen LogP contribution in [0.1, 0.15) is 13.8 Å². The van der Waals surface area contributed by atoms with Crippen LogP contribution in [-0.4, -0.2) is 50.9 Å². The number of aromatic nitrogens is 2. The van der Waals surface area contributed by atoms with Gasteiger partial charge in [0.1, 0.15) is 6.33 Å². The third-order valence-corrected chi connectivity index (χ3v) is 3.33. The van der Waals surface area contributed by atoms with Crippen molar-refractivity contribution in [3.8, 4) is 5.75 Å². The van der Waals surface area contributed by atoms with Crippen LogP contribution >= 0.6 is 0 Å². The molecule has 0 atom stereocenters. The number of hydrogen-bond donors (Lipinski definition) is 3. The summed E-state index contributed by atoms with van der Waals surface area (Å²) in [7, 11) is -0.0366. The standard InChI is InChI=1S/C11H21N5O3S/c1-11(2,16-20(5,17)18)6-13-10-8(19-4)9(12-3)14-7-15-10/h7,16H,6H2,1-5H3,(H2,12,13,14,15). The molecule has 20 heavy (non-hydrogen) atoms. The van der Waals surface area contributed by atoms with E-state index in [1.54, 1.807) is 20.9 Å². The van der Waals surface area contributed by atoms with Gasteiger partial charge >= 0.3 is 0 Å². The summed E-state index contributed by atoms with van der Waals surface area (Å²) in [6.07, 6.45) is 2.52. The van der Waals surface area contributed by atoms with Crippen molar-refractivity contribution in [3.05, 3.63) is 6.33 Å². The van der Waals surface area contributed by atoms with E-state index in [1.165, 1.54) is 13.4 Å². The van der Waals surface area contributed by atoms with E-state index in [9.17, 15) is 8.42 Å². The average Bonchev–Trinajstić information content (AvgIpc) is 2.32. The Kier molecular flexibility index (Phi) is 5.12. The van der Waals surface area contributed by atoms with E-state index in [-0.39, 0.29) is 0 Å². The lowest BCUT2D eigenvalue weighted by molar-refractivity contribution is 0.413. The third kappa shape index (κ3) is 4.82. The Morgan fingerprint density at radius 3 is 2.40 bits per heavy atom. The number of nitrogens with one attached hydrogen (secondary N) is 3. The van der Waals surface area contributed by atoms with Gasteiger partial charge in [0.15, 0.2) is 11.6 Å². The molecule has 0 saturated heterocycles. The maximum atomic E-state index is 11.3. The fourth-order valence-corrected chi connectivity index (χ4v) is 2.79. The first kappa shape index (κ1) is 16.4. The summed E-state index contributed by atoms with van der Waals surface area (Å²) in [6.45, 7) is 3.89. The molecule has 0 bridgehead atoms. The van der Waals surface area contributed by atoms with E-state index in [2.05, 4.69) is 25.3 Å². The smallest absolute Gasteiger partial charge is 0.209 e. The fraction of sp³-hybridized carbons (Fsp3) is 0.636. The van der Waals surface area contributed by atoms with Crippen LogP contribution < -0.4 is 20.1 Å². The van der Waals surface area contributed by atoms with Gasteiger partial charge in [-0.05, 0) is 13.8 Å². The average molecular weight is 303 g/mol. The second-order valence-electron chi connectivity index (χ2n) is 4.97. The van der Waals surface area contributed by atoms with Crippen molar-refractivity contribution in [1.29, 1.82) is 0 Å². The number of ether oxygens (including phenoxy) is 1. The molecule has 8 nitrogen and oxygen atoms in total. The van der Waals surface area contributed by atoms with Crippen LogP contribution in [-0.2, 0) is 10.0 Å². The summed E-state index contributed by atoms with van der Waals surface area (Å²) in [4.78, 5) is 8.13. The van der Waals surface area contributed by atoms with Crippen LogP contribution in [0.3, 0.4) is 0 Å². The predicted molar refractivity (Wildman–Crippen MR) is 78.7 cm³/mol. The zero-order valence-electron chi connectivity index (χ0n) is 12.3. The minimum atomic E-state index is -3.28. The summed E-state index contributed by atoms with van der Waals surface area (Å²) in [5.74, 6) is 1.53. The van der Waals surface area contributed by atoms with E-state index >= 15 is 0 Å². The number of methoxy groups -OCH3 is 1. The molecule has 1 aromatic rings. The zero-order valence-corrected chi connectivity index (χ0v) is 13.1. The molecule has 114 valence electrons. The van der Waals surface area contributed by atoms with Gasteiger partial charge in [0.05, 0.1) is 13.4 Å². The molecule has 0 amide bonds. The number of anilines is 2. The first-order valence-electron chi connectivity index (χ1n) is 5.98. The summed E-state index contributed by atoms with van der Waals surface area (Å²) in [5.41, 5.74) is -0.663. The van der Waals surface area contributed by atoms with Crippen molar-refractivity contribution in [2.75, 3.05) is 37.6 Å². The number of rotatable bonds is 7. The minimum Gasteiger partial charge on any atom is -0.490 e. The molecule has 3 N–H and O–H groups in total. The van der Waals surface area contributed by atoms with Gasteiger partial charge in [-0.1, -0.05) is 0 Å². The van der Waals surface area contributed by atoms with E-state index in [0.29, 0.717) is 23.9 Å². The van der Waals surface area contributed by atoms with Gasteiger partial charge in [-0.2, -0.15) is 0 Å². The van der Waals surface area contributed by atoms with E-state index < -0.39 is 15.6 Å². The number of nitrogens with zero attached hydrogens (tertiary/aromatic N) is 2. The second-order valence-corrected chi connectivity index (χ2v) is 6.71. The highest BCUT2D eigenvalue weighted by Gasteiger charge is 2.23. The van der Waals surface area contributed by atoms with Gasteiger partial charge in [-0.25, -0.2) is 23.1 Å². The van der Waals surface area contributed by atoms with Crippen molar-refractivity contribution in [2.45, 2.75) is 19.4 Å². The predicted octanol–water partition coefficient (Wildman–Crippen LogP) is 0.267. The van der Waals surface area contributed by atoms with Crippen LogP contribution in [0.5, 0.6) is 5.75 Å². The van der Waals surface area contributed by atoms with Gasteiger partial charge < -0.3 is 15.4 Å². The molecule has 0 aliphatic carbocycles. The highest BCUT2D eigenvalue weighted by atomic mass is 32.2. The molecule has 1 heterocycles. The van der Waals surface area contributed by atoms with E-state index in [0.717, 1.165) is 6.26 Å². The topological polar surface area (TPSA) is 105 Å². The molecule has 0 unspecified atom stereocenters. The van der Waals surface area contributed by atoms with Gasteiger partial charge in [-0.3, -0.25) is 0 Å². The van der Waals surface area contributed by atoms with Crippen LogP contribution in [0, 0.1) is 0 Å². The summed E-state index contributed by atoms with van der Waals surface area (Å²) < 4.78 is 30.4. The minimum absolute atomic E-state index is 0.344. The molecule has 0 spiro atoms. The normalized spacial score (nSPS) is 12.1. The Balaban J connectivity index is 2.85. The molecule has 1 rings (SSSR count). The van der Waals surface area contributed by atoms with Crippen molar-refractivity contribution in [2.24, 2.45) is 0 Å².